The Hall–Kier alpha value is -2.65. The molecule has 0 bridgehead atoms. The van der Waals surface area contributed by atoms with Crippen molar-refractivity contribution in [3.05, 3.63) is 45.7 Å². The first-order chi connectivity index (χ1) is 11.5. The molecule has 6 heteroatoms. The van der Waals surface area contributed by atoms with Crippen LogP contribution < -0.4 is 4.74 Å². The molecule has 2 rings (SSSR count). The zero-order valence-corrected chi connectivity index (χ0v) is 14.6. The van der Waals surface area contributed by atoms with Crippen LogP contribution in [0.3, 0.4) is 0 Å². The van der Waals surface area contributed by atoms with E-state index in [1.807, 2.05) is 6.92 Å². The van der Waals surface area contributed by atoms with E-state index >= 15 is 0 Å². The van der Waals surface area contributed by atoms with Gasteiger partial charge in [0.25, 0.3) is 0 Å². The summed E-state index contributed by atoms with van der Waals surface area (Å²) in [6.45, 7) is 6.19. The fourth-order valence-electron chi connectivity index (χ4n) is 2.46. The molecule has 0 amide bonds. The number of esters is 1. The van der Waals surface area contributed by atoms with Crippen molar-refractivity contribution in [3.8, 4) is 22.9 Å². The van der Waals surface area contributed by atoms with Crippen molar-refractivity contribution in [3.63, 3.8) is 0 Å². The van der Waals surface area contributed by atoms with Crippen molar-refractivity contribution in [1.29, 1.82) is 5.26 Å². The van der Waals surface area contributed by atoms with Crippen LogP contribution in [-0.2, 0) is 4.74 Å². The smallest absolute Gasteiger partial charge is 0.340 e. The van der Waals surface area contributed by atoms with E-state index in [4.69, 9.17) is 21.7 Å². The molecule has 2 aromatic rings. The zero-order chi connectivity index (χ0) is 17.7. The van der Waals surface area contributed by atoms with Crippen LogP contribution in [0.1, 0.15) is 35.5 Å². The molecule has 1 N–H and O–H groups in total. The standard InChI is InChI=1S/C18H18N2O3S/c1-4-22-13-8-6-12(7-9-13)16-14(10-19)17(24)20-11(3)15(16)18(21)23-5-2/h6-9H,4-5H2,1-3H3,(H,20,24). The number of carbonyl (C=O) groups is 1. The number of ether oxygens (including phenoxy) is 2. The van der Waals surface area contributed by atoms with Gasteiger partial charge in [0, 0.05) is 11.3 Å². The molecule has 0 aliphatic rings. The number of aryl methyl sites for hydroxylation is 1. The molecule has 0 aliphatic carbocycles. The minimum Gasteiger partial charge on any atom is -0.494 e. The summed E-state index contributed by atoms with van der Waals surface area (Å²) in [6.07, 6.45) is 0. The number of nitrogens with one attached hydrogen (secondary N) is 1. The van der Waals surface area contributed by atoms with Gasteiger partial charge in [-0.25, -0.2) is 4.79 Å². The van der Waals surface area contributed by atoms with Crippen LogP contribution in [0, 0.1) is 22.9 Å². The number of pyridine rings is 1. The largest absolute Gasteiger partial charge is 0.494 e. The number of carbonyl (C=O) groups excluding carboxylic acids is 1. The topological polar surface area (TPSA) is 75.1 Å². The Morgan fingerprint density at radius 3 is 2.46 bits per heavy atom. The highest BCUT2D eigenvalue weighted by Gasteiger charge is 2.22. The fraction of sp³-hybridized carbons (Fsp3) is 0.278. The molecular formula is C18H18N2O3S. The van der Waals surface area contributed by atoms with E-state index in [1.165, 1.54) is 0 Å². The molecule has 124 valence electrons. The van der Waals surface area contributed by atoms with Crippen LogP contribution in [0.25, 0.3) is 11.1 Å². The summed E-state index contributed by atoms with van der Waals surface area (Å²) in [5.41, 5.74) is 2.34. The van der Waals surface area contributed by atoms with Gasteiger partial charge in [-0.2, -0.15) is 5.26 Å². The maximum Gasteiger partial charge on any atom is 0.340 e. The molecule has 0 atom stereocenters. The van der Waals surface area contributed by atoms with Gasteiger partial charge in [-0.3, -0.25) is 0 Å². The monoisotopic (exact) mass is 342 g/mol. The minimum absolute atomic E-state index is 0.249. The van der Waals surface area contributed by atoms with Crippen molar-refractivity contribution >= 4 is 18.2 Å². The lowest BCUT2D eigenvalue weighted by atomic mass is 9.95. The van der Waals surface area contributed by atoms with E-state index < -0.39 is 5.97 Å². The first-order valence-electron chi connectivity index (χ1n) is 7.60. The van der Waals surface area contributed by atoms with Crippen LogP contribution >= 0.6 is 12.2 Å². The predicted molar refractivity (Wildman–Crippen MR) is 93.6 cm³/mol. The third kappa shape index (κ3) is 3.47. The first-order valence-corrected chi connectivity index (χ1v) is 8.01. The summed E-state index contributed by atoms with van der Waals surface area (Å²) in [5, 5.41) is 9.51. The van der Waals surface area contributed by atoms with E-state index in [-0.39, 0.29) is 12.2 Å². The van der Waals surface area contributed by atoms with E-state index in [0.29, 0.717) is 33.6 Å². The summed E-state index contributed by atoms with van der Waals surface area (Å²) in [5.74, 6) is 0.233. The number of hydrogen-bond donors (Lipinski definition) is 1. The average Bonchev–Trinajstić information content (AvgIpc) is 2.55. The molecular weight excluding hydrogens is 324 g/mol. The van der Waals surface area contributed by atoms with E-state index in [2.05, 4.69) is 11.1 Å². The average molecular weight is 342 g/mol. The summed E-state index contributed by atoms with van der Waals surface area (Å²) < 4.78 is 10.9. The number of benzene rings is 1. The van der Waals surface area contributed by atoms with E-state index in [9.17, 15) is 10.1 Å². The molecule has 0 spiro atoms. The van der Waals surface area contributed by atoms with Gasteiger partial charge >= 0.3 is 5.97 Å². The highest BCUT2D eigenvalue weighted by atomic mass is 32.1. The van der Waals surface area contributed by atoms with Gasteiger partial charge in [-0.05, 0) is 38.5 Å². The maximum absolute atomic E-state index is 12.4. The van der Waals surface area contributed by atoms with Crippen LogP contribution in [0.2, 0.25) is 0 Å². The molecule has 0 unspecified atom stereocenters. The third-order valence-electron chi connectivity index (χ3n) is 3.45. The molecule has 5 nitrogen and oxygen atoms in total. The van der Waals surface area contributed by atoms with Crippen molar-refractivity contribution in [2.45, 2.75) is 20.8 Å². The highest BCUT2D eigenvalue weighted by molar-refractivity contribution is 7.71. The Morgan fingerprint density at radius 2 is 1.92 bits per heavy atom. The number of nitrogens with zero attached hydrogens (tertiary/aromatic N) is 1. The minimum atomic E-state index is -0.485. The molecule has 0 saturated heterocycles. The number of hydrogen-bond acceptors (Lipinski definition) is 5. The van der Waals surface area contributed by atoms with Gasteiger partial charge in [0.05, 0.1) is 24.3 Å². The second kappa shape index (κ2) is 7.75. The van der Waals surface area contributed by atoms with E-state index in [0.717, 1.165) is 5.75 Å². The van der Waals surface area contributed by atoms with Crippen molar-refractivity contribution in [2.24, 2.45) is 0 Å². The molecule has 1 heterocycles. The number of nitriles is 1. The highest BCUT2D eigenvalue weighted by Crippen LogP contribution is 2.31. The van der Waals surface area contributed by atoms with Crippen LogP contribution in [0.4, 0.5) is 0 Å². The Balaban J connectivity index is 2.72. The van der Waals surface area contributed by atoms with Gasteiger partial charge in [0.2, 0.25) is 0 Å². The van der Waals surface area contributed by atoms with Crippen LogP contribution in [0.15, 0.2) is 24.3 Å². The molecule has 1 aromatic carbocycles. The lowest BCUT2D eigenvalue weighted by Gasteiger charge is -2.14. The Bertz CT molecular complexity index is 848. The predicted octanol–water partition coefficient (Wildman–Crippen LogP) is 4.17. The van der Waals surface area contributed by atoms with Crippen LogP contribution in [0.5, 0.6) is 5.75 Å². The Kier molecular flexibility index (Phi) is 5.72. The maximum atomic E-state index is 12.4. The summed E-state index contributed by atoms with van der Waals surface area (Å²) in [6, 6.07) is 9.29. The quantitative estimate of drug-likeness (QED) is 0.652. The Labute approximate surface area is 145 Å². The summed E-state index contributed by atoms with van der Waals surface area (Å²) >= 11 is 5.25. The second-order valence-corrected chi connectivity index (χ2v) is 5.40. The third-order valence-corrected chi connectivity index (χ3v) is 3.75. The molecule has 0 radical (unpaired) electrons. The summed E-state index contributed by atoms with van der Waals surface area (Å²) in [4.78, 5) is 15.3. The number of H-pyrrole nitrogens is 1. The lowest BCUT2D eigenvalue weighted by Crippen LogP contribution is -2.12. The molecule has 1 aromatic heterocycles. The number of rotatable bonds is 5. The van der Waals surface area contributed by atoms with Gasteiger partial charge < -0.3 is 14.5 Å². The van der Waals surface area contributed by atoms with Gasteiger partial charge in [0.1, 0.15) is 16.5 Å². The number of aromatic amines is 1. The first kappa shape index (κ1) is 17.7. The van der Waals surface area contributed by atoms with Gasteiger partial charge in [-0.15, -0.1) is 0 Å². The van der Waals surface area contributed by atoms with Crippen molar-refractivity contribution < 1.29 is 14.3 Å². The SMILES string of the molecule is CCOC(=O)c1c(C)[nH]c(=S)c(C#N)c1-c1ccc(OCC)cc1. The van der Waals surface area contributed by atoms with Crippen molar-refractivity contribution in [1.82, 2.24) is 4.98 Å². The normalized spacial score (nSPS) is 10.1. The zero-order valence-electron chi connectivity index (χ0n) is 13.8. The van der Waals surface area contributed by atoms with E-state index in [1.54, 1.807) is 38.1 Å². The molecule has 0 aliphatic heterocycles. The lowest BCUT2D eigenvalue weighted by molar-refractivity contribution is 0.0526. The molecule has 0 saturated carbocycles. The number of aromatic nitrogens is 1. The van der Waals surface area contributed by atoms with Crippen molar-refractivity contribution in [2.75, 3.05) is 13.2 Å². The van der Waals surface area contributed by atoms with Crippen LogP contribution in [-0.4, -0.2) is 24.2 Å². The van der Waals surface area contributed by atoms with Gasteiger partial charge in [0.15, 0.2) is 0 Å². The molecule has 24 heavy (non-hydrogen) atoms. The summed E-state index contributed by atoms with van der Waals surface area (Å²) in [7, 11) is 0. The van der Waals surface area contributed by atoms with Gasteiger partial charge in [-0.1, -0.05) is 24.4 Å². The molecule has 0 fully saturated rings. The fourth-order valence-corrected chi connectivity index (χ4v) is 2.76. The second-order valence-electron chi connectivity index (χ2n) is 4.99. The Morgan fingerprint density at radius 1 is 1.25 bits per heavy atom.